The summed E-state index contributed by atoms with van der Waals surface area (Å²) in [4.78, 5) is 24.4. The zero-order chi connectivity index (χ0) is 17.5. The number of amides is 1. The topological polar surface area (TPSA) is 55.4 Å². The van der Waals surface area contributed by atoms with Gasteiger partial charge in [0.25, 0.3) is 5.91 Å². The largest absolute Gasteiger partial charge is 0.455 e. The summed E-state index contributed by atoms with van der Waals surface area (Å²) in [6.07, 6.45) is 0. The Hall–Kier alpha value is -1.69. The molecule has 0 atom stereocenters. The van der Waals surface area contributed by atoms with Crippen molar-refractivity contribution in [3.05, 3.63) is 58.1 Å². The highest BCUT2D eigenvalue weighted by atomic mass is 35.5. The van der Waals surface area contributed by atoms with Crippen LogP contribution in [0.5, 0.6) is 0 Å². The number of rotatable bonds is 6. The van der Waals surface area contributed by atoms with Crippen molar-refractivity contribution in [2.75, 3.05) is 17.7 Å². The Labute approximate surface area is 154 Å². The van der Waals surface area contributed by atoms with E-state index in [2.05, 4.69) is 5.32 Å². The van der Waals surface area contributed by atoms with E-state index in [-0.39, 0.29) is 12.4 Å². The summed E-state index contributed by atoms with van der Waals surface area (Å²) in [5.41, 5.74) is 1.35. The molecule has 0 heterocycles. The first-order chi connectivity index (χ1) is 11.5. The first-order valence-electron chi connectivity index (χ1n) is 7.05. The molecule has 0 saturated carbocycles. The van der Waals surface area contributed by atoms with Crippen LogP contribution in [0.2, 0.25) is 10.0 Å². The molecule has 0 radical (unpaired) electrons. The Morgan fingerprint density at radius 2 is 1.79 bits per heavy atom. The molecule has 7 heteroatoms. The second kappa shape index (κ2) is 8.97. The van der Waals surface area contributed by atoms with Gasteiger partial charge < -0.3 is 10.1 Å². The predicted molar refractivity (Wildman–Crippen MR) is 98.0 cm³/mol. The molecule has 2 aromatic rings. The van der Waals surface area contributed by atoms with Crippen LogP contribution in [0.15, 0.2) is 47.4 Å². The lowest BCUT2D eigenvalue weighted by atomic mass is 10.2. The van der Waals surface area contributed by atoms with E-state index in [0.717, 1.165) is 10.5 Å². The van der Waals surface area contributed by atoms with E-state index in [1.165, 1.54) is 11.8 Å². The van der Waals surface area contributed by atoms with Gasteiger partial charge in [0.2, 0.25) is 0 Å². The van der Waals surface area contributed by atoms with Gasteiger partial charge in [0, 0.05) is 15.6 Å². The summed E-state index contributed by atoms with van der Waals surface area (Å²) in [6, 6.07) is 12.4. The third kappa shape index (κ3) is 5.44. The number of benzene rings is 2. The molecule has 24 heavy (non-hydrogen) atoms. The Kier molecular flexibility index (Phi) is 6.97. The van der Waals surface area contributed by atoms with Crippen LogP contribution in [0.4, 0.5) is 5.69 Å². The monoisotopic (exact) mass is 383 g/mol. The van der Waals surface area contributed by atoms with Crippen LogP contribution in [0, 0.1) is 6.92 Å². The van der Waals surface area contributed by atoms with Gasteiger partial charge in [-0.2, -0.15) is 0 Å². The first kappa shape index (κ1) is 18.6. The van der Waals surface area contributed by atoms with E-state index in [1.54, 1.807) is 31.2 Å². The van der Waals surface area contributed by atoms with Gasteiger partial charge in [-0.25, -0.2) is 0 Å². The van der Waals surface area contributed by atoms with Crippen molar-refractivity contribution in [2.24, 2.45) is 0 Å². The second-order valence-corrected chi connectivity index (χ2v) is 6.67. The second-order valence-electron chi connectivity index (χ2n) is 4.84. The number of esters is 1. The van der Waals surface area contributed by atoms with Crippen molar-refractivity contribution in [1.82, 2.24) is 0 Å². The molecular formula is C17H15Cl2NO3S. The summed E-state index contributed by atoms with van der Waals surface area (Å²) in [5.74, 6) is -0.831. The van der Waals surface area contributed by atoms with Crippen molar-refractivity contribution in [2.45, 2.75) is 11.8 Å². The molecule has 1 amide bonds. The van der Waals surface area contributed by atoms with Gasteiger partial charge in [0.05, 0.1) is 10.8 Å². The number of carbonyl (C=O) groups is 2. The Morgan fingerprint density at radius 3 is 2.54 bits per heavy atom. The standard InChI is InChI=1S/C17H15Cl2NO3S/c1-11-12(18)6-4-7-14(11)20-16(21)9-23-17(22)10-24-15-8-3-2-5-13(15)19/h2-8H,9-10H2,1H3,(H,20,21). The van der Waals surface area contributed by atoms with Crippen LogP contribution in [0.25, 0.3) is 0 Å². The average molecular weight is 384 g/mol. The lowest BCUT2D eigenvalue weighted by molar-refractivity contribution is -0.144. The van der Waals surface area contributed by atoms with Gasteiger partial charge in [0.1, 0.15) is 0 Å². The molecule has 1 N–H and O–H groups in total. The summed E-state index contributed by atoms with van der Waals surface area (Å²) < 4.78 is 4.96. The van der Waals surface area contributed by atoms with E-state index < -0.39 is 11.9 Å². The van der Waals surface area contributed by atoms with Gasteiger partial charge in [-0.3, -0.25) is 9.59 Å². The first-order valence-corrected chi connectivity index (χ1v) is 8.79. The van der Waals surface area contributed by atoms with E-state index >= 15 is 0 Å². The zero-order valence-corrected chi connectivity index (χ0v) is 15.2. The number of thioether (sulfide) groups is 1. The van der Waals surface area contributed by atoms with Crippen LogP contribution < -0.4 is 5.32 Å². The number of carbonyl (C=O) groups excluding carboxylic acids is 2. The molecule has 0 spiro atoms. The smallest absolute Gasteiger partial charge is 0.316 e. The maximum atomic E-state index is 11.8. The van der Waals surface area contributed by atoms with Crippen LogP contribution in [0.3, 0.4) is 0 Å². The highest BCUT2D eigenvalue weighted by molar-refractivity contribution is 8.00. The van der Waals surface area contributed by atoms with E-state index in [9.17, 15) is 9.59 Å². The lowest BCUT2D eigenvalue weighted by Gasteiger charge is -2.10. The Bertz CT molecular complexity index is 752. The van der Waals surface area contributed by atoms with Gasteiger partial charge >= 0.3 is 5.97 Å². The zero-order valence-electron chi connectivity index (χ0n) is 12.8. The molecular weight excluding hydrogens is 369 g/mol. The maximum Gasteiger partial charge on any atom is 0.316 e. The van der Waals surface area contributed by atoms with E-state index in [4.69, 9.17) is 27.9 Å². The van der Waals surface area contributed by atoms with E-state index in [1.807, 2.05) is 18.2 Å². The number of halogens is 2. The molecule has 0 fully saturated rings. The number of anilines is 1. The molecule has 2 aromatic carbocycles. The fourth-order valence-electron chi connectivity index (χ4n) is 1.82. The molecule has 126 valence electrons. The van der Waals surface area contributed by atoms with Gasteiger partial charge in [-0.15, -0.1) is 11.8 Å². The normalized spacial score (nSPS) is 10.3. The lowest BCUT2D eigenvalue weighted by Crippen LogP contribution is -2.22. The third-order valence-corrected chi connectivity index (χ3v) is 4.99. The van der Waals surface area contributed by atoms with E-state index in [0.29, 0.717) is 15.7 Å². The minimum Gasteiger partial charge on any atom is -0.455 e. The molecule has 0 saturated heterocycles. The Morgan fingerprint density at radius 1 is 1.08 bits per heavy atom. The highest BCUT2D eigenvalue weighted by Gasteiger charge is 2.11. The average Bonchev–Trinajstić information content (AvgIpc) is 2.56. The maximum absolute atomic E-state index is 11.8. The third-order valence-electron chi connectivity index (χ3n) is 3.09. The summed E-state index contributed by atoms with van der Waals surface area (Å²) >= 11 is 13.3. The molecule has 0 aliphatic rings. The number of hydrogen-bond acceptors (Lipinski definition) is 4. The van der Waals surface area contributed by atoms with Crippen LogP contribution in [0.1, 0.15) is 5.56 Å². The SMILES string of the molecule is Cc1c(Cl)cccc1NC(=O)COC(=O)CSc1ccccc1Cl. The van der Waals surface area contributed by atoms with Gasteiger partial charge in [0.15, 0.2) is 6.61 Å². The van der Waals surface area contributed by atoms with Gasteiger partial charge in [-0.1, -0.05) is 41.4 Å². The quantitative estimate of drug-likeness (QED) is 0.585. The van der Waals surface area contributed by atoms with Crippen molar-refractivity contribution in [3.63, 3.8) is 0 Å². The molecule has 0 bridgehead atoms. The number of nitrogens with one attached hydrogen (secondary N) is 1. The molecule has 0 unspecified atom stereocenters. The van der Waals surface area contributed by atoms with Crippen LogP contribution in [-0.2, 0) is 14.3 Å². The fraction of sp³-hybridized carbons (Fsp3) is 0.176. The van der Waals surface area contributed by atoms with Crippen molar-refractivity contribution in [3.8, 4) is 0 Å². The highest BCUT2D eigenvalue weighted by Crippen LogP contribution is 2.26. The minimum atomic E-state index is -0.488. The predicted octanol–water partition coefficient (Wildman–Crippen LogP) is 4.58. The summed E-state index contributed by atoms with van der Waals surface area (Å²) in [5, 5.41) is 3.79. The molecule has 0 aliphatic heterocycles. The minimum absolute atomic E-state index is 0.0766. The fourth-order valence-corrected chi connectivity index (χ4v) is 3.03. The Balaban J connectivity index is 1.78. The van der Waals surface area contributed by atoms with Crippen molar-refractivity contribution >= 4 is 52.5 Å². The molecule has 0 aliphatic carbocycles. The van der Waals surface area contributed by atoms with Crippen molar-refractivity contribution in [1.29, 1.82) is 0 Å². The van der Waals surface area contributed by atoms with Crippen molar-refractivity contribution < 1.29 is 14.3 Å². The molecule has 4 nitrogen and oxygen atoms in total. The molecule has 2 rings (SSSR count). The summed E-state index contributed by atoms with van der Waals surface area (Å²) in [6.45, 7) is 1.44. The number of ether oxygens (including phenoxy) is 1. The molecule has 0 aromatic heterocycles. The van der Waals surface area contributed by atoms with Crippen LogP contribution in [-0.4, -0.2) is 24.2 Å². The van der Waals surface area contributed by atoms with Crippen LogP contribution >= 0.6 is 35.0 Å². The summed E-state index contributed by atoms with van der Waals surface area (Å²) in [7, 11) is 0. The van der Waals surface area contributed by atoms with Gasteiger partial charge in [-0.05, 0) is 36.8 Å². The number of hydrogen-bond donors (Lipinski definition) is 1.